The van der Waals surface area contributed by atoms with Gasteiger partial charge in [0.2, 0.25) is 15.9 Å². The lowest BCUT2D eigenvalue weighted by Gasteiger charge is -2.26. The molecule has 1 saturated heterocycles. The van der Waals surface area contributed by atoms with E-state index in [1.54, 1.807) is 0 Å². The maximum Gasteiger partial charge on any atom is 0.251 e. The Morgan fingerprint density at radius 3 is 2.54 bits per heavy atom. The monoisotopic (exact) mass is 413 g/mol. The van der Waals surface area contributed by atoms with Crippen molar-refractivity contribution >= 4 is 21.6 Å². The summed E-state index contributed by atoms with van der Waals surface area (Å²) in [6.45, 7) is 0.370. The first-order valence-electron chi connectivity index (χ1n) is 8.31. The van der Waals surface area contributed by atoms with E-state index in [9.17, 15) is 26.8 Å². The summed E-state index contributed by atoms with van der Waals surface area (Å²) in [4.78, 5) is 24.0. The van der Waals surface area contributed by atoms with Crippen molar-refractivity contribution in [2.24, 2.45) is 0 Å². The number of carbonyl (C=O) groups is 1. The molecule has 0 saturated carbocycles. The Bertz CT molecular complexity index is 1050. The van der Waals surface area contributed by atoms with Crippen LogP contribution in [0.1, 0.15) is 0 Å². The SMILES string of the molecule is O=C(Cn1cc(S(=O)(=O)N2CCOCC2)ccc1=O)Nc1ccc(F)cc1F. The van der Waals surface area contributed by atoms with Crippen LogP contribution >= 0.6 is 0 Å². The molecule has 3 rings (SSSR count). The van der Waals surface area contributed by atoms with Gasteiger partial charge in [-0.2, -0.15) is 4.31 Å². The van der Waals surface area contributed by atoms with Gasteiger partial charge >= 0.3 is 0 Å². The van der Waals surface area contributed by atoms with Crippen LogP contribution in [0.2, 0.25) is 0 Å². The summed E-state index contributed by atoms with van der Waals surface area (Å²) in [5.74, 6) is -2.54. The lowest BCUT2D eigenvalue weighted by Crippen LogP contribution is -2.41. The van der Waals surface area contributed by atoms with Crippen molar-refractivity contribution < 1.29 is 26.7 Å². The van der Waals surface area contributed by atoms with Crippen molar-refractivity contribution in [3.05, 3.63) is 58.5 Å². The maximum absolute atomic E-state index is 13.6. The van der Waals surface area contributed by atoms with Crippen molar-refractivity contribution in [2.75, 3.05) is 31.6 Å². The van der Waals surface area contributed by atoms with Crippen LogP contribution in [0.3, 0.4) is 0 Å². The summed E-state index contributed by atoms with van der Waals surface area (Å²) in [6.07, 6.45) is 1.06. The lowest BCUT2D eigenvalue weighted by atomic mass is 10.3. The predicted octanol–water partition coefficient (Wildman–Crippen LogP) is 0.786. The topological polar surface area (TPSA) is 97.7 Å². The second-order valence-corrected chi connectivity index (χ2v) is 7.96. The Balaban J connectivity index is 1.79. The summed E-state index contributed by atoms with van der Waals surface area (Å²) < 4.78 is 59.2. The largest absolute Gasteiger partial charge is 0.379 e. The van der Waals surface area contributed by atoms with Gasteiger partial charge < -0.3 is 14.6 Å². The first kappa shape index (κ1) is 20.1. The number of halogens is 2. The zero-order chi connectivity index (χ0) is 20.3. The van der Waals surface area contributed by atoms with Crippen LogP contribution in [-0.2, 0) is 26.1 Å². The standard InChI is InChI=1S/C17H17F2N3O5S/c18-12-1-3-15(14(19)9-12)20-16(23)11-21-10-13(2-4-17(21)24)28(25,26)22-5-7-27-8-6-22/h1-4,9-10H,5-8,11H2,(H,20,23). The van der Waals surface area contributed by atoms with E-state index in [-0.39, 0.29) is 36.9 Å². The number of carbonyl (C=O) groups excluding carboxylic acids is 1. The average Bonchev–Trinajstić information content (AvgIpc) is 2.66. The van der Waals surface area contributed by atoms with Crippen molar-refractivity contribution in [1.29, 1.82) is 0 Å². The van der Waals surface area contributed by atoms with Crippen LogP contribution < -0.4 is 10.9 Å². The Labute approximate surface area is 159 Å². The van der Waals surface area contributed by atoms with E-state index in [0.29, 0.717) is 6.07 Å². The molecule has 0 bridgehead atoms. The molecule has 11 heteroatoms. The van der Waals surface area contributed by atoms with Gasteiger partial charge in [0, 0.05) is 31.4 Å². The summed E-state index contributed by atoms with van der Waals surface area (Å²) in [5, 5.41) is 2.22. The highest BCUT2D eigenvalue weighted by Gasteiger charge is 2.27. The van der Waals surface area contributed by atoms with Crippen LogP contribution in [0.15, 0.2) is 46.2 Å². The number of amides is 1. The Hall–Kier alpha value is -2.63. The fourth-order valence-electron chi connectivity index (χ4n) is 2.66. The number of ether oxygens (including phenoxy) is 1. The number of anilines is 1. The van der Waals surface area contributed by atoms with E-state index in [0.717, 1.165) is 29.0 Å². The maximum atomic E-state index is 13.6. The smallest absolute Gasteiger partial charge is 0.251 e. The van der Waals surface area contributed by atoms with Gasteiger partial charge in [-0.3, -0.25) is 9.59 Å². The average molecular weight is 413 g/mol. The zero-order valence-corrected chi connectivity index (χ0v) is 15.4. The number of benzene rings is 1. The third kappa shape index (κ3) is 4.43. The number of aromatic nitrogens is 1. The van der Waals surface area contributed by atoms with E-state index in [2.05, 4.69) is 5.32 Å². The molecule has 150 valence electrons. The molecule has 8 nitrogen and oxygen atoms in total. The predicted molar refractivity (Wildman–Crippen MR) is 95.3 cm³/mol. The van der Waals surface area contributed by atoms with Gasteiger partial charge in [-0.05, 0) is 18.2 Å². The molecule has 0 atom stereocenters. The number of morpholine rings is 1. The summed E-state index contributed by atoms with van der Waals surface area (Å²) in [7, 11) is -3.85. The van der Waals surface area contributed by atoms with Gasteiger partial charge in [0.1, 0.15) is 18.2 Å². The molecule has 2 aromatic rings. The number of pyridine rings is 1. The minimum absolute atomic E-state index is 0.144. The molecular weight excluding hydrogens is 396 g/mol. The second-order valence-electron chi connectivity index (χ2n) is 6.02. The number of hydrogen-bond donors (Lipinski definition) is 1. The highest BCUT2D eigenvalue weighted by molar-refractivity contribution is 7.89. The van der Waals surface area contributed by atoms with Crippen molar-refractivity contribution in [1.82, 2.24) is 8.87 Å². The van der Waals surface area contributed by atoms with E-state index in [1.807, 2.05) is 0 Å². The molecule has 28 heavy (non-hydrogen) atoms. The minimum Gasteiger partial charge on any atom is -0.379 e. The van der Waals surface area contributed by atoms with Gasteiger partial charge in [-0.15, -0.1) is 0 Å². The first-order chi connectivity index (χ1) is 13.3. The quantitative estimate of drug-likeness (QED) is 0.782. The molecule has 1 N–H and O–H groups in total. The first-order valence-corrected chi connectivity index (χ1v) is 9.75. The molecule has 0 spiro atoms. The number of rotatable bonds is 5. The van der Waals surface area contributed by atoms with Gasteiger partial charge in [-0.1, -0.05) is 0 Å². The molecule has 1 aliphatic heterocycles. The molecule has 1 amide bonds. The Morgan fingerprint density at radius 1 is 1.14 bits per heavy atom. The number of hydrogen-bond acceptors (Lipinski definition) is 5. The summed E-state index contributed by atoms with van der Waals surface area (Å²) in [5.41, 5.74) is -0.854. The van der Waals surface area contributed by atoms with E-state index >= 15 is 0 Å². The molecule has 1 aliphatic rings. The third-order valence-corrected chi connectivity index (χ3v) is 5.97. The van der Waals surface area contributed by atoms with E-state index in [1.165, 1.54) is 10.4 Å². The fourth-order valence-corrected chi connectivity index (χ4v) is 4.09. The molecular formula is C17H17F2N3O5S. The van der Waals surface area contributed by atoms with E-state index in [4.69, 9.17) is 4.74 Å². The Kier molecular flexibility index (Phi) is 5.87. The number of sulfonamides is 1. The van der Waals surface area contributed by atoms with Crippen LogP contribution in [0.4, 0.5) is 14.5 Å². The molecule has 0 unspecified atom stereocenters. The van der Waals surface area contributed by atoms with Gasteiger partial charge in [-0.25, -0.2) is 17.2 Å². The summed E-state index contributed by atoms with van der Waals surface area (Å²) in [6, 6.07) is 4.84. The van der Waals surface area contributed by atoms with Gasteiger partial charge in [0.05, 0.1) is 23.8 Å². The third-order valence-electron chi connectivity index (χ3n) is 4.08. The number of nitrogens with zero attached hydrogens (tertiary/aromatic N) is 2. The second kappa shape index (κ2) is 8.17. The minimum atomic E-state index is -3.85. The number of nitrogens with one attached hydrogen (secondary N) is 1. The van der Waals surface area contributed by atoms with Crippen LogP contribution in [-0.4, -0.2) is 49.5 Å². The van der Waals surface area contributed by atoms with Crippen molar-refractivity contribution in [3.63, 3.8) is 0 Å². The molecule has 2 heterocycles. The van der Waals surface area contributed by atoms with E-state index < -0.39 is 39.7 Å². The molecule has 0 aliphatic carbocycles. The van der Waals surface area contributed by atoms with Crippen molar-refractivity contribution in [3.8, 4) is 0 Å². The molecule has 1 aromatic carbocycles. The van der Waals surface area contributed by atoms with Crippen LogP contribution in [0.5, 0.6) is 0 Å². The normalized spacial score (nSPS) is 15.4. The molecule has 0 radical (unpaired) electrons. The summed E-state index contributed by atoms with van der Waals surface area (Å²) >= 11 is 0. The highest BCUT2D eigenvalue weighted by atomic mass is 32.2. The molecule has 1 fully saturated rings. The van der Waals surface area contributed by atoms with Gasteiger partial charge in [0.15, 0.2) is 0 Å². The van der Waals surface area contributed by atoms with Crippen molar-refractivity contribution in [2.45, 2.75) is 11.4 Å². The molecule has 1 aromatic heterocycles. The lowest BCUT2D eigenvalue weighted by molar-refractivity contribution is -0.116. The van der Waals surface area contributed by atoms with Crippen LogP contribution in [0.25, 0.3) is 0 Å². The Morgan fingerprint density at radius 2 is 1.86 bits per heavy atom. The highest BCUT2D eigenvalue weighted by Crippen LogP contribution is 2.17. The fraction of sp³-hybridized carbons (Fsp3) is 0.294. The van der Waals surface area contributed by atoms with Gasteiger partial charge in [0.25, 0.3) is 5.56 Å². The van der Waals surface area contributed by atoms with Crippen LogP contribution in [0, 0.1) is 11.6 Å². The zero-order valence-electron chi connectivity index (χ0n) is 14.6.